The lowest BCUT2D eigenvalue weighted by molar-refractivity contribution is -0.395. The largest absolute Gasteiger partial charge is 0.376 e. The van der Waals surface area contributed by atoms with Gasteiger partial charge in [0.25, 0.3) is 0 Å². The highest BCUT2D eigenvalue weighted by atomic mass is 16.9. The molecule has 6 nitrogen and oxygen atoms in total. The average molecular weight is 209 g/mol. The van der Waals surface area contributed by atoms with Gasteiger partial charge < -0.3 is 24.7 Å². The van der Waals surface area contributed by atoms with E-state index in [-0.39, 0.29) is 13.4 Å². The van der Waals surface area contributed by atoms with Gasteiger partial charge in [-0.05, 0) is 6.92 Å². The van der Waals surface area contributed by atoms with Gasteiger partial charge in [-0.3, -0.25) is 4.74 Å². The van der Waals surface area contributed by atoms with Gasteiger partial charge in [-0.25, -0.2) is 0 Å². The van der Waals surface area contributed by atoms with Crippen LogP contribution in [0.15, 0.2) is 0 Å². The summed E-state index contributed by atoms with van der Waals surface area (Å²) in [5.41, 5.74) is 5.36. The van der Waals surface area contributed by atoms with Crippen molar-refractivity contribution in [2.45, 2.75) is 19.1 Å². The first-order valence-corrected chi connectivity index (χ1v) is 4.20. The van der Waals surface area contributed by atoms with Gasteiger partial charge in [0.2, 0.25) is 0 Å². The first-order valence-electron chi connectivity index (χ1n) is 4.20. The molecule has 0 aliphatic heterocycles. The molecule has 0 aliphatic carbocycles. The summed E-state index contributed by atoms with van der Waals surface area (Å²) in [4.78, 5) is 0. The Bertz CT molecular complexity index is 138. The van der Waals surface area contributed by atoms with Crippen LogP contribution in [0.1, 0.15) is 6.92 Å². The molecule has 0 spiro atoms. The van der Waals surface area contributed by atoms with Crippen LogP contribution < -0.4 is 5.73 Å². The summed E-state index contributed by atoms with van der Waals surface area (Å²) >= 11 is 0. The van der Waals surface area contributed by atoms with Crippen molar-refractivity contribution >= 4 is 0 Å². The molecule has 86 valence electrons. The normalized spacial score (nSPS) is 14.4. The van der Waals surface area contributed by atoms with E-state index in [4.69, 9.17) is 29.4 Å². The van der Waals surface area contributed by atoms with Crippen LogP contribution in [0.2, 0.25) is 0 Å². The van der Waals surface area contributed by atoms with Crippen molar-refractivity contribution in [2.75, 3.05) is 34.7 Å². The fourth-order valence-corrected chi connectivity index (χ4v) is 0.769. The molecular formula is C8H19NO5. The van der Waals surface area contributed by atoms with Crippen molar-refractivity contribution in [1.29, 1.82) is 0 Å². The zero-order valence-electron chi connectivity index (χ0n) is 9.11. The monoisotopic (exact) mass is 209 g/mol. The van der Waals surface area contributed by atoms with Crippen molar-refractivity contribution in [1.82, 2.24) is 0 Å². The molecule has 0 radical (unpaired) electrons. The van der Waals surface area contributed by atoms with Crippen molar-refractivity contribution in [2.24, 2.45) is 5.73 Å². The van der Waals surface area contributed by atoms with Gasteiger partial charge in [0.1, 0.15) is 12.8 Å². The minimum atomic E-state index is -1.23. The van der Waals surface area contributed by atoms with Gasteiger partial charge in [-0.15, -0.1) is 0 Å². The SMILES string of the molecule is COCC(OC)(OC)OCOC(C)N. The maximum absolute atomic E-state index is 5.36. The van der Waals surface area contributed by atoms with Crippen LogP contribution in [0.3, 0.4) is 0 Å². The molecule has 1 atom stereocenters. The zero-order chi connectivity index (χ0) is 11.0. The van der Waals surface area contributed by atoms with Crippen molar-refractivity contribution in [3.8, 4) is 0 Å². The second kappa shape index (κ2) is 7.10. The number of hydrogen-bond donors (Lipinski definition) is 1. The second-order valence-electron chi connectivity index (χ2n) is 2.66. The van der Waals surface area contributed by atoms with Gasteiger partial charge >= 0.3 is 5.97 Å². The third-order valence-corrected chi connectivity index (χ3v) is 1.55. The summed E-state index contributed by atoms with van der Waals surface area (Å²) in [6, 6.07) is 0. The molecule has 0 aromatic rings. The fraction of sp³-hybridized carbons (Fsp3) is 1.00. The Morgan fingerprint density at radius 1 is 1.21 bits per heavy atom. The maximum atomic E-state index is 5.36. The topological polar surface area (TPSA) is 72.2 Å². The molecule has 0 saturated carbocycles. The molecule has 0 saturated heterocycles. The predicted molar refractivity (Wildman–Crippen MR) is 49.3 cm³/mol. The van der Waals surface area contributed by atoms with Crippen LogP contribution in [-0.4, -0.2) is 46.9 Å². The standard InChI is InChI=1S/C8H19NO5/c1-7(9)13-6-14-8(11-3,12-4)5-10-2/h7H,5-6,9H2,1-4H3. The smallest absolute Gasteiger partial charge is 0.309 e. The van der Waals surface area contributed by atoms with Gasteiger partial charge in [-0.1, -0.05) is 0 Å². The van der Waals surface area contributed by atoms with E-state index in [1.807, 2.05) is 0 Å². The summed E-state index contributed by atoms with van der Waals surface area (Å²) < 4.78 is 25.1. The van der Waals surface area contributed by atoms with E-state index in [1.54, 1.807) is 6.92 Å². The van der Waals surface area contributed by atoms with Crippen LogP contribution in [0.25, 0.3) is 0 Å². The molecule has 0 amide bonds. The van der Waals surface area contributed by atoms with Crippen LogP contribution >= 0.6 is 0 Å². The summed E-state index contributed by atoms with van der Waals surface area (Å²) in [7, 11) is 4.42. The van der Waals surface area contributed by atoms with Crippen molar-refractivity contribution in [3.63, 3.8) is 0 Å². The maximum Gasteiger partial charge on any atom is 0.309 e. The van der Waals surface area contributed by atoms with E-state index < -0.39 is 12.2 Å². The van der Waals surface area contributed by atoms with E-state index in [0.717, 1.165) is 0 Å². The highest BCUT2D eigenvalue weighted by Crippen LogP contribution is 2.13. The van der Waals surface area contributed by atoms with E-state index in [2.05, 4.69) is 0 Å². The van der Waals surface area contributed by atoms with Gasteiger partial charge in [0, 0.05) is 21.3 Å². The molecule has 1 unspecified atom stereocenters. The van der Waals surface area contributed by atoms with Gasteiger partial charge in [0.15, 0.2) is 6.79 Å². The number of rotatable bonds is 8. The highest BCUT2D eigenvalue weighted by molar-refractivity contribution is 4.52. The first kappa shape index (κ1) is 13.8. The van der Waals surface area contributed by atoms with E-state index in [0.29, 0.717) is 0 Å². The average Bonchev–Trinajstić information content (AvgIpc) is 2.16. The number of hydrogen-bond acceptors (Lipinski definition) is 6. The molecule has 0 aromatic heterocycles. The Hall–Kier alpha value is -0.240. The second-order valence-corrected chi connectivity index (χ2v) is 2.66. The summed E-state index contributed by atoms with van der Waals surface area (Å²) in [6.07, 6.45) is -0.399. The van der Waals surface area contributed by atoms with E-state index in [9.17, 15) is 0 Å². The lowest BCUT2D eigenvalue weighted by Crippen LogP contribution is -2.43. The zero-order valence-corrected chi connectivity index (χ0v) is 9.11. The molecule has 0 bridgehead atoms. The number of nitrogens with two attached hydrogens (primary N) is 1. The lowest BCUT2D eigenvalue weighted by Gasteiger charge is -2.29. The van der Waals surface area contributed by atoms with Crippen LogP contribution in [0.4, 0.5) is 0 Å². The van der Waals surface area contributed by atoms with E-state index >= 15 is 0 Å². The Labute approximate surface area is 84.2 Å². The van der Waals surface area contributed by atoms with Gasteiger partial charge in [0.05, 0.1) is 0 Å². The highest BCUT2D eigenvalue weighted by Gasteiger charge is 2.31. The minimum Gasteiger partial charge on any atom is -0.376 e. The Kier molecular flexibility index (Phi) is 6.98. The Morgan fingerprint density at radius 3 is 2.14 bits per heavy atom. The van der Waals surface area contributed by atoms with Crippen LogP contribution in [0, 0.1) is 0 Å². The number of ether oxygens (including phenoxy) is 5. The first-order chi connectivity index (χ1) is 6.60. The molecule has 0 fully saturated rings. The molecular weight excluding hydrogens is 190 g/mol. The molecule has 0 heterocycles. The lowest BCUT2D eigenvalue weighted by atomic mass is 10.6. The third kappa shape index (κ3) is 4.85. The summed E-state index contributed by atoms with van der Waals surface area (Å²) in [6.45, 7) is 1.81. The number of methoxy groups -OCH3 is 3. The molecule has 0 aliphatic rings. The molecule has 2 N–H and O–H groups in total. The molecule has 14 heavy (non-hydrogen) atoms. The van der Waals surface area contributed by atoms with Crippen LogP contribution in [0.5, 0.6) is 0 Å². The summed E-state index contributed by atoms with van der Waals surface area (Å²) in [5, 5.41) is 0. The van der Waals surface area contributed by atoms with Crippen molar-refractivity contribution in [3.05, 3.63) is 0 Å². The third-order valence-electron chi connectivity index (χ3n) is 1.55. The van der Waals surface area contributed by atoms with Crippen molar-refractivity contribution < 1.29 is 23.7 Å². The van der Waals surface area contributed by atoms with Crippen LogP contribution in [-0.2, 0) is 23.7 Å². The fourth-order valence-electron chi connectivity index (χ4n) is 0.769. The molecule has 6 heteroatoms. The molecule has 0 rings (SSSR count). The Balaban J connectivity index is 3.94. The van der Waals surface area contributed by atoms with Gasteiger partial charge in [-0.2, -0.15) is 0 Å². The quantitative estimate of drug-likeness (QED) is 0.562. The predicted octanol–water partition coefficient (Wildman–Crippen LogP) is -0.125. The Morgan fingerprint density at radius 2 is 1.79 bits per heavy atom. The summed E-state index contributed by atoms with van der Waals surface area (Å²) in [5.74, 6) is -1.23. The molecule has 0 aromatic carbocycles. The van der Waals surface area contributed by atoms with E-state index in [1.165, 1.54) is 21.3 Å². The minimum absolute atomic E-state index is 0.0251.